The number of sulfonamides is 1. The second-order valence-corrected chi connectivity index (χ2v) is 8.13. The first-order chi connectivity index (χ1) is 14.4. The van der Waals surface area contributed by atoms with Gasteiger partial charge in [0, 0.05) is 12.4 Å². The molecule has 0 fully saturated rings. The molecule has 0 saturated carbocycles. The standard InChI is InChI=1S/C18H16F3N5O4S/c1-23-15-13-7-6-11(9-14(13)24-17(22)25-15)10-4-3-5-12(8-10)26(31(2,28)29)30-16(27)18(19,20)21/h3-9H,1-2H3,(H3,22,23,24,25). The van der Waals surface area contributed by atoms with E-state index in [9.17, 15) is 26.4 Å². The summed E-state index contributed by atoms with van der Waals surface area (Å²) in [6.07, 6.45) is -4.76. The minimum Gasteiger partial charge on any atom is -0.372 e. The van der Waals surface area contributed by atoms with E-state index in [1.165, 1.54) is 18.2 Å². The van der Waals surface area contributed by atoms with Crippen LogP contribution in [0.4, 0.5) is 30.6 Å². The van der Waals surface area contributed by atoms with Crippen molar-refractivity contribution in [3.05, 3.63) is 42.5 Å². The number of nitrogens with two attached hydrogens (primary N) is 1. The second-order valence-electron chi connectivity index (χ2n) is 6.33. The van der Waals surface area contributed by atoms with E-state index in [1.807, 2.05) is 0 Å². The van der Waals surface area contributed by atoms with Crippen molar-refractivity contribution in [2.24, 2.45) is 0 Å². The maximum absolute atomic E-state index is 12.6. The molecule has 1 heterocycles. The maximum Gasteiger partial charge on any atom is 0.493 e. The van der Waals surface area contributed by atoms with E-state index in [4.69, 9.17) is 5.73 Å². The molecule has 0 saturated heterocycles. The normalized spacial score (nSPS) is 11.9. The molecule has 3 aromatic rings. The summed E-state index contributed by atoms with van der Waals surface area (Å²) in [6, 6.07) is 10.5. The summed E-state index contributed by atoms with van der Waals surface area (Å²) >= 11 is 0. The number of rotatable bonds is 5. The van der Waals surface area contributed by atoms with E-state index < -0.39 is 22.2 Å². The average Bonchev–Trinajstić information content (AvgIpc) is 2.69. The first-order valence-corrected chi connectivity index (χ1v) is 10.4. The highest BCUT2D eigenvalue weighted by Gasteiger charge is 2.44. The van der Waals surface area contributed by atoms with E-state index in [2.05, 4.69) is 20.1 Å². The van der Waals surface area contributed by atoms with Crippen molar-refractivity contribution < 1.29 is 31.2 Å². The Morgan fingerprint density at radius 3 is 2.42 bits per heavy atom. The number of hydrogen-bond acceptors (Lipinski definition) is 8. The molecule has 0 bridgehead atoms. The molecular weight excluding hydrogens is 439 g/mol. The molecule has 31 heavy (non-hydrogen) atoms. The van der Waals surface area contributed by atoms with E-state index in [-0.39, 0.29) is 16.1 Å². The lowest BCUT2D eigenvalue weighted by Crippen LogP contribution is -2.38. The number of alkyl halides is 3. The zero-order valence-electron chi connectivity index (χ0n) is 16.1. The van der Waals surface area contributed by atoms with Gasteiger partial charge in [0.25, 0.3) is 10.0 Å². The van der Waals surface area contributed by atoms with Gasteiger partial charge in [-0.05, 0) is 35.4 Å². The molecule has 3 N–H and O–H groups in total. The third-order valence-electron chi connectivity index (χ3n) is 4.04. The van der Waals surface area contributed by atoms with Crippen LogP contribution in [0.15, 0.2) is 42.5 Å². The number of nitrogens with one attached hydrogen (secondary N) is 1. The Labute approximate surface area is 174 Å². The van der Waals surface area contributed by atoms with Crippen molar-refractivity contribution >= 4 is 44.3 Å². The summed E-state index contributed by atoms with van der Waals surface area (Å²) in [4.78, 5) is 23.5. The van der Waals surface area contributed by atoms with Crippen molar-refractivity contribution in [2.75, 3.05) is 28.8 Å². The molecule has 0 aliphatic heterocycles. The zero-order valence-corrected chi connectivity index (χ0v) is 17.0. The van der Waals surface area contributed by atoms with Gasteiger partial charge in [-0.1, -0.05) is 22.7 Å². The Bertz CT molecular complexity index is 1260. The topological polar surface area (TPSA) is 128 Å². The Morgan fingerprint density at radius 2 is 1.81 bits per heavy atom. The fourth-order valence-electron chi connectivity index (χ4n) is 2.76. The van der Waals surface area contributed by atoms with Gasteiger partial charge >= 0.3 is 12.1 Å². The van der Waals surface area contributed by atoms with Crippen LogP contribution in [0.5, 0.6) is 0 Å². The van der Waals surface area contributed by atoms with Crippen molar-refractivity contribution in [2.45, 2.75) is 6.18 Å². The molecule has 1 aromatic heterocycles. The smallest absolute Gasteiger partial charge is 0.372 e. The molecule has 3 rings (SSSR count). The van der Waals surface area contributed by atoms with Crippen LogP contribution in [0.25, 0.3) is 22.0 Å². The molecule has 0 spiro atoms. The minimum absolute atomic E-state index is 0.0325. The van der Waals surface area contributed by atoms with Crippen LogP contribution in [0.3, 0.4) is 0 Å². The van der Waals surface area contributed by atoms with Gasteiger partial charge in [-0.2, -0.15) is 18.2 Å². The summed E-state index contributed by atoms with van der Waals surface area (Å²) in [5.41, 5.74) is 6.89. The molecule has 2 aromatic carbocycles. The van der Waals surface area contributed by atoms with Gasteiger partial charge in [-0.3, -0.25) is 0 Å². The van der Waals surface area contributed by atoms with E-state index >= 15 is 0 Å². The zero-order chi connectivity index (χ0) is 23.0. The lowest BCUT2D eigenvalue weighted by atomic mass is 10.0. The number of benzene rings is 2. The highest BCUT2D eigenvalue weighted by Crippen LogP contribution is 2.31. The summed E-state index contributed by atoms with van der Waals surface area (Å²) in [5, 5.41) is 3.57. The molecule has 0 radical (unpaired) electrons. The number of hydrogen-bond donors (Lipinski definition) is 2. The van der Waals surface area contributed by atoms with E-state index in [0.29, 0.717) is 34.1 Å². The monoisotopic (exact) mass is 455 g/mol. The van der Waals surface area contributed by atoms with Crippen molar-refractivity contribution in [3.63, 3.8) is 0 Å². The summed E-state index contributed by atoms with van der Waals surface area (Å²) in [7, 11) is -2.71. The minimum atomic E-state index is -5.37. The SMILES string of the molecule is CNc1nc(N)nc2cc(-c3cccc(N(OC(=O)C(F)(F)F)S(C)(=O)=O)c3)ccc12. The maximum atomic E-state index is 12.6. The fraction of sp³-hybridized carbons (Fsp3) is 0.167. The highest BCUT2D eigenvalue weighted by atomic mass is 32.2. The molecule has 9 nitrogen and oxygen atoms in total. The predicted octanol–water partition coefficient (Wildman–Crippen LogP) is 2.71. The van der Waals surface area contributed by atoms with Gasteiger partial charge in [0.15, 0.2) is 0 Å². The molecule has 0 amide bonds. The number of halogens is 3. The van der Waals surface area contributed by atoms with Gasteiger partial charge in [-0.25, -0.2) is 18.2 Å². The van der Waals surface area contributed by atoms with Crippen molar-refractivity contribution in [1.82, 2.24) is 9.97 Å². The summed E-state index contributed by atoms with van der Waals surface area (Å²) in [5.74, 6) is -2.13. The number of nitrogen functional groups attached to an aromatic ring is 1. The van der Waals surface area contributed by atoms with Crippen LogP contribution in [0.2, 0.25) is 0 Å². The van der Waals surface area contributed by atoms with Crippen LogP contribution in [-0.4, -0.2) is 43.8 Å². The second kappa shape index (κ2) is 7.91. The first kappa shape index (κ1) is 22.1. The largest absolute Gasteiger partial charge is 0.493 e. The van der Waals surface area contributed by atoms with Gasteiger partial charge in [-0.15, -0.1) is 0 Å². The Balaban J connectivity index is 2.06. The number of carbonyl (C=O) groups excluding carboxylic acids is 1. The van der Waals surface area contributed by atoms with Crippen LogP contribution < -0.4 is 15.5 Å². The van der Waals surface area contributed by atoms with Crippen molar-refractivity contribution in [3.8, 4) is 11.1 Å². The summed E-state index contributed by atoms with van der Waals surface area (Å²) < 4.78 is 61.6. The number of carbonyl (C=O) groups is 1. The van der Waals surface area contributed by atoms with Gasteiger partial charge in [0.1, 0.15) is 5.82 Å². The third kappa shape index (κ3) is 4.77. The lowest BCUT2D eigenvalue weighted by Gasteiger charge is -2.21. The van der Waals surface area contributed by atoms with Gasteiger partial charge < -0.3 is 15.9 Å². The van der Waals surface area contributed by atoms with E-state index in [1.54, 1.807) is 31.3 Å². The molecule has 0 atom stereocenters. The molecule has 0 aliphatic rings. The number of fused-ring (bicyclic) bond motifs is 1. The lowest BCUT2D eigenvalue weighted by molar-refractivity contribution is -0.199. The quantitative estimate of drug-likeness (QED) is 0.562. The predicted molar refractivity (Wildman–Crippen MR) is 108 cm³/mol. The molecule has 164 valence electrons. The van der Waals surface area contributed by atoms with Gasteiger partial charge in [0.05, 0.1) is 17.5 Å². The van der Waals surface area contributed by atoms with Crippen LogP contribution in [0, 0.1) is 0 Å². The third-order valence-corrected chi connectivity index (χ3v) is 4.93. The molecular formula is C18H16F3N5O4S. The van der Waals surface area contributed by atoms with Gasteiger partial charge in [0.2, 0.25) is 5.95 Å². The number of aromatic nitrogens is 2. The molecule has 13 heteroatoms. The highest BCUT2D eigenvalue weighted by molar-refractivity contribution is 7.91. The van der Waals surface area contributed by atoms with Crippen LogP contribution in [-0.2, 0) is 19.7 Å². The molecule has 0 aliphatic carbocycles. The average molecular weight is 455 g/mol. The Morgan fingerprint density at radius 1 is 1.13 bits per heavy atom. The van der Waals surface area contributed by atoms with E-state index in [0.717, 1.165) is 0 Å². The molecule has 0 unspecified atom stereocenters. The summed E-state index contributed by atoms with van der Waals surface area (Å²) in [6.45, 7) is 0. The number of nitrogens with zero attached hydrogens (tertiary/aromatic N) is 3. The Hall–Kier alpha value is -3.61. The van der Waals surface area contributed by atoms with Crippen LogP contribution >= 0.6 is 0 Å². The Kier molecular flexibility index (Phi) is 5.63. The van der Waals surface area contributed by atoms with Crippen LogP contribution in [0.1, 0.15) is 0 Å². The first-order valence-electron chi connectivity index (χ1n) is 8.55. The fourth-order valence-corrected chi connectivity index (χ4v) is 3.46. The van der Waals surface area contributed by atoms with Crippen molar-refractivity contribution in [1.29, 1.82) is 0 Å². The number of anilines is 3.